The van der Waals surface area contributed by atoms with Crippen LogP contribution in [-0.4, -0.2) is 62.8 Å². The van der Waals surface area contributed by atoms with Gasteiger partial charge in [0.15, 0.2) is 9.84 Å². The SMILES string of the molecule is CCN(CC)CCNC(=O)CS(=O)(=O)CC(=O)Nc1ccccc1. The first-order valence-corrected chi connectivity index (χ1v) is 9.72. The maximum atomic E-state index is 11.9. The minimum absolute atomic E-state index is 0.381. The Balaban J connectivity index is 2.39. The quantitative estimate of drug-likeness (QED) is 0.637. The Morgan fingerprint density at radius 1 is 1.00 bits per heavy atom. The number of para-hydroxylation sites is 1. The zero-order valence-electron chi connectivity index (χ0n) is 14.1. The number of sulfone groups is 1. The fourth-order valence-corrected chi connectivity index (χ4v) is 3.19. The Bertz CT molecular complexity index is 628. The second-order valence-electron chi connectivity index (χ2n) is 5.32. The number of likely N-dealkylation sites (N-methyl/N-ethyl adjacent to an activating group) is 1. The first-order chi connectivity index (χ1) is 11.4. The summed E-state index contributed by atoms with van der Waals surface area (Å²) in [4.78, 5) is 25.6. The molecule has 0 unspecified atom stereocenters. The number of carbonyl (C=O) groups is 2. The Morgan fingerprint density at radius 2 is 1.58 bits per heavy atom. The number of hydrogen-bond acceptors (Lipinski definition) is 5. The van der Waals surface area contributed by atoms with Gasteiger partial charge < -0.3 is 15.5 Å². The molecule has 0 saturated heterocycles. The molecule has 7 nitrogen and oxygen atoms in total. The third-order valence-electron chi connectivity index (χ3n) is 3.40. The van der Waals surface area contributed by atoms with E-state index in [1.54, 1.807) is 30.3 Å². The number of carbonyl (C=O) groups excluding carboxylic acids is 2. The fraction of sp³-hybridized carbons (Fsp3) is 0.500. The summed E-state index contributed by atoms with van der Waals surface area (Å²) >= 11 is 0. The van der Waals surface area contributed by atoms with Crippen molar-refractivity contribution >= 4 is 27.3 Å². The molecule has 0 heterocycles. The highest BCUT2D eigenvalue weighted by molar-refractivity contribution is 7.92. The van der Waals surface area contributed by atoms with Crippen molar-refractivity contribution in [3.63, 3.8) is 0 Å². The van der Waals surface area contributed by atoms with Gasteiger partial charge in [0.2, 0.25) is 11.8 Å². The molecule has 1 aromatic rings. The van der Waals surface area contributed by atoms with Crippen molar-refractivity contribution in [3.05, 3.63) is 30.3 Å². The normalized spacial score (nSPS) is 11.3. The van der Waals surface area contributed by atoms with Gasteiger partial charge >= 0.3 is 0 Å². The Morgan fingerprint density at radius 3 is 2.17 bits per heavy atom. The third-order valence-corrected chi connectivity index (χ3v) is 4.81. The number of rotatable bonds is 10. The number of nitrogens with zero attached hydrogens (tertiary/aromatic N) is 1. The molecule has 0 saturated carbocycles. The molecular weight excluding hydrogens is 330 g/mol. The number of hydrogen-bond donors (Lipinski definition) is 2. The van der Waals surface area contributed by atoms with Crippen LogP contribution < -0.4 is 10.6 Å². The van der Waals surface area contributed by atoms with Crippen LogP contribution in [0.25, 0.3) is 0 Å². The van der Waals surface area contributed by atoms with Crippen molar-refractivity contribution in [1.82, 2.24) is 10.2 Å². The van der Waals surface area contributed by atoms with Crippen LogP contribution in [0, 0.1) is 0 Å². The summed E-state index contributed by atoms with van der Waals surface area (Å²) < 4.78 is 23.8. The highest BCUT2D eigenvalue weighted by Gasteiger charge is 2.20. The van der Waals surface area contributed by atoms with Gasteiger partial charge in [-0.05, 0) is 25.2 Å². The summed E-state index contributed by atoms with van der Waals surface area (Å²) in [5.74, 6) is -2.65. The van der Waals surface area contributed by atoms with Gasteiger partial charge in [0.05, 0.1) is 0 Å². The molecule has 2 N–H and O–H groups in total. The molecule has 0 aliphatic heterocycles. The van der Waals surface area contributed by atoms with Gasteiger partial charge in [-0.25, -0.2) is 8.42 Å². The molecule has 0 spiro atoms. The Hall–Kier alpha value is -1.93. The lowest BCUT2D eigenvalue weighted by Crippen LogP contribution is -2.38. The lowest BCUT2D eigenvalue weighted by atomic mass is 10.3. The zero-order valence-corrected chi connectivity index (χ0v) is 14.9. The summed E-state index contributed by atoms with van der Waals surface area (Å²) in [5, 5.41) is 5.06. The van der Waals surface area contributed by atoms with E-state index in [9.17, 15) is 18.0 Å². The fourth-order valence-electron chi connectivity index (χ4n) is 2.11. The third kappa shape index (κ3) is 8.07. The number of anilines is 1. The summed E-state index contributed by atoms with van der Waals surface area (Å²) in [7, 11) is -3.80. The molecule has 134 valence electrons. The molecule has 8 heteroatoms. The van der Waals surface area contributed by atoms with Crippen LogP contribution in [0.3, 0.4) is 0 Å². The van der Waals surface area contributed by atoms with E-state index in [2.05, 4.69) is 15.5 Å². The van der Waals surface area contributed by atoms with Crippen molar-refractivity contribution in [2.45, 2.75) is 13.8 Å². The van der Waals surface area contributed by atoms with Gasteiger partial charge in [0.25, 0.3) is 0 Å². The van der Waals surface area contributed by atoms with E-state index in [0.29, 0.717) is 18.8 Å². The summed E-state index contributed by atoms with van der Waals surface area (Å²) in [6, 6.07) is 8.56. The van der Waals surface area contributed by atoms with Gasteiger partial charge in [0, 0.05) is 18.8 Å². The van der Waals surface area contributed by atoms with Crippen molar-refractivity contribution in [1.29, 1.82) is 0 Å². The van der Waals surface area contributed by atoms with Crippen molar-refractivity contribution in [2.75, 3.05) is 43.0 Å². The minimum Gasteiger partial charge on any atom is -0.354 e. The topological polar surface area (TPSA) is 95.6 Å². The van der Waals surface area contributed by atoms with E-state index >= 15 is 0 Å². The monoisotopic (exact) mass is 355 g/mol. The van der Waals surface area contributed by atoms with Crippen LogP contribution in [0.4, 0.5) is 5.69 Å². The van der Waals surface area contributed by atoms with Crippen LogP contribution in [0.2, 0.25) is 0 Å². The van der Waals surface area contributed by atoms with Crippen LogP contribution in [0.15, 0.2) is 30.3 Å². The second kappa shape index (κ2) is 10.0. The average Bonchev–Trinajstić information content (AvgIpc) is 2.51. The number of benzene rings is 1. The smallest absolute Gasteiger partial charge is 0.239 e. The predicted molar refractivity (Wildman–Crippen MR) is 94.5 cm³/mol. The maximum absolute atomic E-state index is 11.9. The predicted octanol–water partition coefficient (Wildman–Crippen LogP) is 0.498. The average molecular weight is 355 g/mol. The van der Waals surface area contributed by atoms with E-state index in [-0.39, 0.29) is 0 Å². The zero-order chi connectivity index (χ0) is 18.0. The summed E-state index contributed by atoms with van der Waals surface area (Å²) in [6.07, 6.45) is 0. The number of nitrogens with one attached hydrogen (secondary N) is 2. The van der Waals surface area contributed by atoms with Crippen molar-refractivity contribution in [3.8, 4) is 0 Å². The van der Waals surface area contributed by atoms with E-state index in [0.717, 1.165) is 13.1 Å². The molecule has 1 aromatic carbocycles. The van der Waals surface area contributed by atoms with Gasteiger partial charge in [0.1, 0.15) is 11.5 Å². The second-order valence-corrected chi connectivity index (χ2v) is 7.39. The summed E-state index contributed by atoms with van der Waals surface area (Å²) in [6.45, 7) is 6.80. The van der Waals surface area contributed by atoms with Crippen LogP contribution in [0.5, 0.6) is 0 Å². The lowest BCUT2D eigenvalue weighted by molar-refractivity contribution is -0.118. The van der Waals surface area contributed by atoms with Gasteiger partial charge in [-0.3, -0.25) is 9.59 Å². The molecule has 2 amide bonds. The molecule has 24 heavy (non-hydrogen) atoms. The van der Waals surface area contributed by atoms with E-state index in [1.807, 2.05) is 13.8 Å². The van der Waals surface area contributed by atoms with Crippen molar-refractivity contribution < 1.29 is 18.0 Å². The van der Waals surface area contributed by atoms with Gasteiger partial charge in [-0.2, -0.15) is 0 Å². The molecule has 0 aromatic heterocycles. The Kier molecular flexibility index (Phi) is 8.42. The molecular formula is C16H25N3O4S. The summed E-state index contributed by atoms with van der Waals surface area (Å²) in [5.41, 5.74) is 0.515. The highest BCUT2D eigenvalue weighted by atomic mass is 32.2. The lowest BCUT2D eigenvalue weighted by Gasteiger charge is -2.17. The molecule has 0 aliphatic carbocycles. The van der Waals surface area contributed by atoms with Crippen LogP contribution in [0.1, 0.15) is 13.8 Å². The van der Waals surface area contributed by atoms with Crippen molar-refractivity contribution in [2.24, 2.45) is 0 Å². The highest BCUT2D eigenvalue weighted by Crippen LogP contribution is 2.05. The van der Waals surface area contributed by atoms with E-state index < -0.39 is 33.2 Å². The minimum atomic E-state index is -3.80. The van der Waals surface area contributed by atoms with Gasteiger partial charge in [-0.1, -0.05) is 32.0 Å². The van der Waals surface area contributed by atoms with E-state index in [4.69, 9.17) is 0 Å². The maximum Gasteiger partial charge on any atom is 0.239 e. The van der Waals surface area contributed by atoms with Crippen LogP contribution >= 0.6 is 0 Å². The molecule has 0 fully saturated rings. The molecule has 0 atom stereocenters. The first-order valence-electron chi connectivity index (χ1n) is 7.90. The molecule has 0 aliphatic rings. The molecule has 0 bridgehead atoms. The largest absolute Gasteiger partial charge is 0.354 e. The standard InChI is InChI=1S/C16H25N3O4S/c1-3-19(4-2)11-10-17-15(20)12-24(22,23)13-16(21)18-14-8-6-5-7-9-14/h5-9H,3-4,10-13H2,1-2H3,(H,17,20)(H,18,21). The Labute approximate surface area is 143 Å². The van der Waals surface area contributed by atoms with Gasteiger partial charge in [-0.15, -0.1) is 0 Å². The number of amides is 2. The molecule has 0 radical (unpaired) electrons. The van der Waals surface area contributed by atoms with E-state index in [1.165, 1.54) is 0 Å². The molecule has 1 rings (SSSR count). The van der Waals surface area contributed by atoms with Crippen LogP contribution in [-0.2, 0) is 19.4 Å². The first kappa shape index (κ1) is 20.1.